The summed E-state index contributed by atoms with van der Waals surface area (Å²) in [6, 6.07) is 17.0. The van der Waals surface area contributed by atoms with Gasteiger partial charge in [-0.05, 0) is 37.4 Å². The van der Waals surface area contributed by atoms with Crippen LogP contribution in [0.5, 0.6) is 0 Å². The third-order valence-corrected chi connectivity index (χ3v) is 4.98. The average molecular weight is 332 g/mol. The minimum atomic E-state index is 0.912. The van der Waals surface area contributed by atoms with Crippen molar-refractivity contribution in [2.45, 2.75) is 13.8 Å². The first-order valence-electron chi connectivity index (χ1n) is 9.06. The Hall–Kier alpha value is -2.59. The normalized spacial score (nSPS) is 11.8. The fourth-order valence-corrected chi connectivity index (χ4v) is 3.51. The number of rotatable bonds is 6. The molecule has 0 unspecified atom stereocenters. The minimum absolute atomic E-state index is 0.912. The lowest BCUT2D eigenvalue weighted by Crippen LogP contribution is -2.28. The number of fused-ring (bicyclic) bond motifs is 5. The van der Waals surface area contributed by atoms with Crippen LogP contribution in [0, 0.1) is 0 Å². The number of benzene rings is 2. The van der Waals surface area contributed by atoms with E-state index in [-0.39, 0.29) is 0 Å². The highest BCUT2D eigenvalue weighted by atomic mass is 15.1. The smallest absolute Gasteiger partial charge is 0.126 e. The largest absolute Gasteiger partial charge is 0.369 e. The summed E-state index contributed by atoms with van der Waals surface area (Å²) in [6.07, 6.45) is 0. The first-order chi connectivity index (χ1) is 12.3. The number of anilines is 1. The van der Waals surface area contributed by atoms with Gasteiger partial charge in [-0.3, -0.25) is 0 Å². The SMILES string of the molecule is CCN(CC)CCNc1ccc2c(ccc3c4ccccc4[nH]c23)n1. The van der Waals surface area contributed by atoms with Crippen LogP contribution in [-0.4, -0.2) is 41.0 Å². The Morgan fingerprint density at radius 2 is 1.72 bits per heavy atom. The van der Waals surface area contributed by atoms with Crippen molar-refractivity contribution in [1.29, 1.82) is 0 Å². The number of H-pyrrole nitrogens is 1. The minimum Gasteiger partial charge on any atom is -0.369 e. The Balaban J connectivity index is 1.65. The summed E-state index contributed by atoms with van der Waals surface area (Å²) < 4.78 is 0. The second kappa shape index (κ2) is 6.73. The summed E-state index contributed by atoms with van der Waals surface area (Å²) in [7, 11) is 0. The number of aromatic amines is 1. The summed E-state index contributed by atoms with van der Waals surface area (Å²) in [4.78, 5) is 10.7. The van der Waals surface area contributed by atoms with Gasteiger partial charge in [0.15, 0.2) is 0 Å². The van der Waals surface area contributed by atoms with Crippen LogP contribution in [0.15, 0.2) is 48.5 Å². The highest BCUT2D eigenvalue weighted by Crippen LogP contribution is 2.30. The maximum Gasteiger partial charge on any atom is 0.126 e. The van der Waals surface area contributed by atoms with Crippen LogP contribution in [0.4, 0.5) is 5.82 Å². The van der Waals surface area contributed by atoms with Crippen molar-refractivity contribution in [3.05, 3.63) is 48.5 Å². The number of likely N-dealkylation sites (N-methyl/N-ethyl adjacent to an activating group) is 1. The number of nitrogens with one attached hydrogen (secondary N) is 2. The number of hydrogen-bond acceptors (Lipinski definition) is 3. The van der Waals surface area contributed by atoms with E-state index in [9.17, 15) is 0 Å². The predicted molar refractivity (Wildman–Crippen MR) is 107 cm³/mol. The van der Waals surface area contributed by atoms with E-state index in [4.69, 9.17) is 4.98 Å². The van der Waals surface area contributed by atoms with E-state index in [0.29, 0.717) is 0 Å². The van der Waals surface area contributed by atoms with Gasteiger partial charge in [-0.1, -0.05) is 38.1 Å². The molecule has 25 heavy (non-hydrogen) atoms. The molecule has 0 amide bonds. The van der Waals surface area contributed by atoms with E-state index in [1.54, 1.807) is 0 Å². The van der Waals surface area contributed by atoms with Crippen molar-refractivity contribution in [1.82, 2.24) is 14.9 Å². The van der Waals surface area contributed by atoms with Crippen molar-refractivity contribution in [2.24, 2.45) is 0 Å². The molecular weight excluding hydrogens is 308 g/mol. The van der Waals surface area contributed by atoms with Crippen molar-refractivity contribution >= 4 is 38.5 Å². The zero-order valence-corrected chi connectivity index (χ0v) is 14.8. The van der Waals surface area contributed by atoms with Gasteiger partial charge in [0, 0.05) is 34.8 Å². The molecule has 2 aromatic carbocycles. The Kier molecular flexibility index (Phi) is 4.28. The van der Waals surface area contributed by atoms with E-state index < -0.39 is 0 Å². The van der Waals surface area contributed by atoms with Gasteiger partial charge in [-0.25, -0.2) is 4.98 Å². The lowest BCUT2D eigenvalue weighted by molar-refractivity contribution is 0.316. The number of nitrogens with zero attached hydrogens (tertiary/aromatic N) is 2. The number of para-hydroxylation sites is 1. The third kappa shape index (κ3) is 2.94. The fraction of sp³-hybridized carbons (Fsp3) is 0.286. The molecule has 0 saturated carbocycles. The van der Waals surface area contributed by atoms with Crippen LogP contribution in [0.1, 0.15) is 13.8 Å². The third-order valence-electron chi connectivity index (χ3n) is 4.98. The quantitative estimate of drug-likeness (QED) is 0.541. The van der Waals surface area contributed by atoms with Crippen LogP contribution in [0.3, 0.4) is 0 Å². The Labute approximate surface area is 147 Å². The molecule has 0 radical (unpaired) electrons. The molecule has 128 valence electrons. The van der Waals surface area contributed by atoms with Gasteiger partial charge < -0.3 is 15.2 Å². The zero-order valence-electron chi connectivity index (χ0n) is 14.8. The highest BCUT2D eigenvalue weighted by Gasteiger charge is 2.08. The Bertz CT molecular complexity index is 1010. The van der Waals surface area contributed by atoms with Crippen LogP contribution < -0.4 is 5.32 Å². The van der Waals surface area contributed by atoms with Gasteiger partial charge in [0.25, 0.3) is 0 Å². The summed E-state index contributed by atoms with van der Waals surface area (Å²) >= 11 is 0. The van der Waals surface area contributed by atoms with Gasteiger partial charge >= 0.3 is 0 Å². The Morgan fingerprint density at radius 1 is 0.920 bits per heavy atom. The van der Waals surface area contributed by atoms with Crippen molar-refractivity contribution in [2.75, 3.05) is 31.5 Å². The molecular formula is C21H24N4. The summed E-state index contributed by atoms with van der Waals surface area (Å²) in [6.45, 7) is 8.51. The molecule has 4 rings (SSSR count). The van der Waals surface area contributed by atoms with E-state index in [1.165, 1.54) is 27.2 Å². The summed E-state index contributed by atoms with van der Waals surface area (Å²) in [5.41, 5.74) is 3.36. The second-order valence-corrected chi connectivity index (χ2v) is 6.38. The lowest BCUT2D eigenvalue weighted by atomic mass is 10.1. The standard InChI is InChI=1S/C21H24N4/c1-3-25(4-2)14-13-22-20-12-10-17-19(23-20)11-9-16-15-7-5-6-8-18(15)24-21(16)17/h5-12,24H,3-4,13-14H2,1-2H3,(H,22,23). The fourth-order valence-electron chi connectivity index (χ4n) is 3.51. The topological polar surface area (TPSA) is 44.0 Å². The molecule has 0 aliphatic carbocycles. The van der Waals surface area contributed by atoms with Crippen LogP contribution in [-0.2, 0) is 0 Å². The first-order valence-corrected chi connectivity index (χ1v) is 9.06. The molecule has 0 fully saturated rings. The number of hydrogen-bond donors (Lipinski definition) is 2. The van der Waals surface area contributed by atoms with Gasteiger partial charge in [0.2, 0.25) is 0 Å². The zero-order chi connectivity index (χ0) is 17.2. The molecule has 4 nitrogen and oxygen atoms in total. The molecule has 0 bridgehead atoms. The second-order valence-electron chi connectivity index (χ2n) is 6.38. The monoisotopic (exact) mass is 332 g/mol. The van der Waals surface area contributed by atoms with E-state index in [2.05, 4.69) is 77.6 Å². The van der Waals surface area contributed by atoms with Crippen LogP contribution >= 0.6 is 0 Å². The first kappa shape index (κ1) is 15.9. The van der Waals surface area contributed by atoms with E-state index in [0.717, 1.165) is 37.5 Å². The van der Waals surface area contributed by atoms with Gasteiger partial charge in [0.1, 0.15) is 5.82 Å². The van der Waals surface area contributed by atoms with Gasteiger partial charge in [-0.2, -0.15) is 0 Å². The van der Waals surface area contributed by atoms with Crippen molar-refractivity contribution in [3.8, 4) is 0 Å². The predicted octanol–water partition coefficient (Wildman–Crippen LogP) is 4.62. The number of aromatic nitrogens is 2. The molecule has 0 atom stereocenters. The van der Waals surface area contributed by atoms with Crippen molar-refractivity contribution < 1.29 is 0 Å². The average Bonchev–Trinajstić information content (AvgIpc) is 3.04. The van der Waals surface area contributed by atoms with Crippen LogP contribution in [0.2, 0.25) is 0 Å². The van der Waals surface area contributed by atoms with E-state index >= 15 is 0 Å². The maximum atomic E-state index is 4.79. The molecule has 2 aromatic heterocycles. The summed E-state index contributed by atoms with van der Waals surface area (Å²) in [5.74, 6) is 0.940. The van der Waals surface area contributed by atoms with Gasteiger partial charge in [-0.15, -0.1) is 0 Å². The molecule has 0 spiro atoms. The molecule has 0 saturated heterocycles. The van der Waals surface area contributed by atoms with E-state index in [1.807, 2.05) is 0 Å². The van der Waals surface area contributed by atoms with Gasteiger partial charge in [0.05, 0.1) is 11.0 Å². The highest BCUT2D eigenvalue weighted by molar-refractivity contribution is 6.16. The molecule has 4 aromatic rings. The maximum absolute atomic E-state index is 4.79. The van der Waals surface area contributed by atoms with Crippen LogP contribution in [0.25, 0.3) is 32.7 Å². The molecule has 2 N–H and O–H groups in total. The molecule has 2 heterocycles. The summed E-state index contributed by atoms with van der Waals surface area (Å²) in [5, 5.41) is 7.14. The number of pyridine rings is 1. The molecule has 0 aliphatic heterocycles. The molecule has 0 aliphatic rings. The lowest BCUT2D eigenvalue weighted by Gasteiger charge is -2.18. The van der Waals surface area contributed by atoms with Crippen molar-refractivity contribution in [3.63, 3.8) is 0 Å². The Morgan fingerprint density at radius 3 is 2.56 bits per heavy atom. The molecule has 4 heteroatoms.